The van der Waals surface area contributed by atoms with E-state index in [0.29, 0.717) is 36.9 Å². The highest BCUT2D eigenvalue weighted by molar-refractivity contribution is 5.91. The molecule has 0 bridgehead atoms. The van der Waals surface area contributed by atoms with Gasteiger partial charge in [0.2, 0.25) is 5.91 Å². The molecule has 1 aromatic rings. The van der Waals surface area contributed by atoms with Gasteiger partial charge in [-0.1, -0.05) is 0 Å². The molecule has 0 aromatic heterocycles. The zero-order valence-corrected chi connectivity index (χ0v) is 13.7. The van der Waals surface area contributed by atoms with Crippen LogP contribution in [0.25, 0.3) is 0 Å². The molecule has 7 heteroatoms. The van der Waals surface area contributed by atoms with Crippen LogP contribution in [0, 0.1) is 17.0 Å². The third-order valence-electron chi connectivity index (χ3n) is 4.06. The first-order valence-electron chi connectivity index (χ1n) is 7.77. The molecule has 0 aliphatic carbocycles. The van der Waals surface area contributed by atoms with Crippen LogP contribution in [-0.4, -0.2) is 47.6 Å². The van der Waals surface area contributed by atoms with Crippen LogP contribution in [0.4, 0.5) is 11.4 Å². The van der Waals surface area contributed by atoms with Gasteiger partial charge in [-0.05, 0) is 32.4 Å². The Bertz CT molecular complexity index is 591. The van der Waals surface area contributed by atoms with E-state index in [0.717, 1.165) is 6.54 Å². The summed E-state index contributed by atoms with van der Waals surface area (Å²) in [5.41, 5.74) is 1.32. The second-order valence-electron chi connectivity index (χ2n) is 6.04. The number of nitro benzene ring substituents is 1. The molecule has 1 aliphatic heterocycles. The number of nitrogens with one attached hydrogen (secondary N) is 1. The van der Waals surface area contributed by atoms with E-state index < -0.39 is 4.92 Å². The SMILES string of the molecule is Cc1cc([N+](=O)[O-])ccc1NC(=O)CCN1C[C@H](C)OC[C@H]1C. The lowest BCUT2D eigenvalue weighted by atomic mass is 10.1. The first-order chi connectivity index (χ1) is 10.9. The van der Waals surface area contributed by atoms with E-state index in [2.05, 4.69) is 17.1 Å². The van der Waals surface area contributed by atoms with Gasteiger partial charge in [0.1, 0.15) is 0 Å². The van der Waals surface area contributed by atoms with E-state index in [1.807, 2.05) is 6.92 Å². The van der Waals surface area contributed by atoms with Crippen molar-refractivity contribution in [3.8, 4) is 0 Å². The Hall–Kier alpha value is -1.99. The van der Waals surface area contributed by atoms with Crippen molar-refractivity contribution in [2.24, 2.45) is 0 Å². The van der Waals surface area contributed by atoms with Gasteiger partial charge in [0.15, 0.2) is 0 Å². The normalized spacial score (nSPS) is 21.9. The molecule has 1 fully saturated rings. The van der Waals surface area contributed by atoms with Crippen LogP contribution in [0.2, 0.25) is 0 Å². The van der Waals surface area contributed by atoms with Crippen LogP contribution in [0.15, 0.2) is 18.2 Å². The summed E-state index contributed by atoms with van der Waals surface area (Å²) in [6.45, 7) is 8.04. The first-order valence-corrected chi connectivity index (χ1v) is 7.77. The van der Waals surface area contributed by atoms with Crippen molar-refractivity contribution in [2.45, 2.75) is 39.3 Å². The monoisotopic (exact) mass is 321 g/mol. The van der Waals surface area contributed by atoms with Crippen LogP contribution >= 0.6 is 0 Å². The summed E-state index contributed by atoms with van der Waals surface area (Å²) in [6.07, 6.45) is 0.569. The predicted molar refractivity (Wildman–Crippen MR) is 87.5 cm³/mol. The van der Waals surface area contributed by atoms with Crippen molar-refractivity contribution in [1.82, 2.24) is 4.90 Å². The summed E-state index contributed by atoms with van der Waals surface area (Å²) in [6, 6.07) is 4.74. The largest absolute Gasteiger partial charge is 0.376 e. The summed E-state index contributed by atoms with van der Waals surface area (Å²) in [5, 5.41) is 13.5. The van der Waals surface area contributed by atoms with E-state index in [1.54, 1.807) is 13.0 Å². The van der Waals surface area contributed by atoms with Gasteiger partial charge in [-0.3, -0.25) is 19.8 Å². The van der Waals surface area contributed by atoms with Crippen molar-refractivity contribution in [1.29, 1.82) is 0 Å². The third-order valence-corrected chi connectivity index (χ3v) is 4.06. The minimum absolute atomic E-state index is 0.0247. The standard InChI is InChI=1S/C16H23N3O4/c1-11-8-14(19(21)22)4-5-15(11)17-16(20)6-7-18-9-13(3)23-10-12(18)2/h4-5,8,12-13H,6-7,9-10H2,1-3H3,(H,17,20)/t12-,13+/m1/s1. The fourth-order valence-electron chi connectivity index (χ4n) is 2.64. The minimum atomic E-state index is -0.445. The number of carbonyl (C=O) groups excluding carboxylic acids is 1. The molecule has 1 saturated heterocycles. The van der Waals surface area contributed by atoms with Gasteiger partial charge in [0.05, 0.1) is 17.6 Å². The maximum Gasteiger partial charge on any atom is 0.269 e. The second kappa shape index (κ2) is 7.52. The number of ether oxygens (including phenoxy) is 1. The van der Waals surface area contributed by atoms with Gasteiger partial charge in [-0.25, -0.2) is 0 Å². The summed E-state index contributed by atoms with van der Waals surface area (Å²) < 4.78 is 5.57. The molecule has 0 unspecified atom stereocenters. The number of rotatable bonds is 5. The molecule has 1 amide bonds. The molecular weight excluding hydrogens is 298 g/mol. The molecule has 126 valence electrons. The quantitative estimate of drug-likeness (QED) is 0.664. The predicted octanol–water partition coefficient (Wildman–Crippen LogP) is 2.34. The highest BCUT2D eigenvalue weighted by atomic mass is 16.6. The van der Waals surface area contributed by atoms with Gasteiger partial charge < -0.3 is 10.1 Å². The Morgan fingerprint density at radius 3 is 2.87 bits per heavy atom. The van der Waals surface area contributed by atoms with Gasteiger partial charge in [0.25, 0.3) is 5.69 Å². The number of nitro groups is 1. The summed E-state index contributed by atoms with van der Waals surface area (Å²) in [5.74, 6) is -0.0895. The number of non-ortho nitro benzene ring substituents is 1. The molecule has 7 nitrogen and oxygen atoms in total. The van der Waals surface area contributed by atoms with E-state index in [4.69, 9.17) is 4.74 Å². The lowest BCUT2D eigenvalue weighted by molar-refractivity contribution is -0.384. The molecule has 1 aliphatic rings. The smallest absolute Gasteiger partial charge is 0.269 e. The van der Waals surface area contributed by atoms with Crippen LogP contribution in [-0.2, 0) is 9.53 Å². The average molecular weight is 321 g/mol. The lowest BCUT2D eigenvalue weighted by Gasteiger charge is -2.36. The zero-order chi connectivity index (χ0) is 17.0. The molecule has 0 saturated carbocycles. The van der Waals surface area contributed by atoms with Crippen LogP contribution < -0.4 is 5.32 Å². The molecular formula is C16H23N3O4. The fourth-order valence-corrected chi connectivity index (χ4v) is 2.64. The molecule has 1 aromatic carbocycles. The van der Waals surface area contributed by atoms with Crippen molar-refractivity contribution in [3.63, 3.8) is 0 Å². The Balaban J connectivity index is 1.88. The molecule has 2 rings (SSSR count). The molecule has 1 heterocycles. The van der Waals surface area contributed by atoms with E-state index in [9.17, 15) is 14.9 Å². The van der Waals surface area contributed by atoms with Crippen LogP contribution in [0.5, 0.6) is 0 Å². The third kappa shape index (κ3) is 4.74. The zero-order valence-electron chi connectivity index (χ0n) is 13.7. The molecule has 1 N–H and O–H groups in total. The van der Waals surface area contributed by atoms with Gasteiger partial charge >= 0.3 is 0 Å². The van der Waals surface area contributed by atoms with Crippen LogP contribution in [0.1, 0.15) is 25.8 Å². The highest BCUT2D eigenvalue weighted by Crippen LogP contribution is 2.21. The topological polar surface area (TPSA) is 84.7 Å². The fraction of sp³-hybridized carbons (Fsp3) is 0.562. The Labute approximate surface area is 135 Å². The summed E-state index contributed by atoms with van der Waals surface area (Å²) in [7, 11) is 0. The summed E-state index contributed by atoms with van der Waals surface area (Å²) in [4.78, 5) is 24.6. The maximum atomic E-state index is 12.1. The van der Waals surface area contributed by atoms with Gasteiger partial charge in [0, 0.05) is 43.4 Å². The van der Waals surface area contributed by atoms with Crippen molar-refractivity contribution in [2.75, 3.05) is 25.0 Å². The number of benzene rings is 1. The van der Waals surface area contributed by atoms with Crippen molar-refractivity contribution < 1.29 is 14.5 Å². The highest BCUT2D eigenvalue weighted by Gasteiger charge is 2.23. The molecule has 23 heavy (non-hydrogen) atoms. The van der Waals surface area contributed by atoms with Crippen LogP contribution in [0.3, 0.4) is 0 Å². The van der Waals surface area contributed by atoms with Crippen molar-refractivity contribution in [3.05, 3.63) is 33.9 Å². The maximum absolute atomic E-state index is 12.1. The Morgan fingerprint density at radius 1 is 1.48 bits per heavy atom. The van der Waals surface area contributed by atoms with Gasteiger partial charge in [-0.2, -0.15) is 0 Å². The molecule has 2 atom stereocenters. The molecule has 0 spiro atoms. The van der Waals surface area contributed by atoms with Crippen molar-refractivity contribution >= 4 is 17.3 Å². The van der Waals surface area contributed by atoms with E-state index in [-0.39, 0.29) is 17.7 Å². The second-order valence-corrected chi connectivity index (χ2v) is 6.04. The number of aryl methyl sites for hydroxylation is 1. The summed E-state index contributed by atoms with van der Waals surface area (Å²) >= 11 is 0. The first kappa shape index (κ1) is 17.4. The minimum Gasteiger partial charge on any atom is -0.376 e. The number of carbonyl (C=O) groups is 1. The molecule has 0 radical (unpaired) electrons. The van der Waals surface area contributed by atoms with Gasteiger partial charge in [-0.15, -0.1) is 0 Å². The van der Waals surface area contributed by atoms with E-state index >= 15 is 0 Å². The number of hydrogen-bond acceptors (Lipinski definition) is 5. The Morgan fingerprint density at radius 2 is 2.22 bits per heavy atom. The number of morpholine rings is 1. The lowest BCUT2D eigenvalue weighted by Crippen LogP contribution is -2.48. The Kier molecular flexibility index (Phi) is 5.68. The van der Waals surface area contributed by atoms with E-state index in [1.165, 1.54) is 12.1 Å². The number of nitrogens with zero attached hydrogens (tertiary/aromatic N) is 2. The number of amides is 1. The number of anilines is 1. The number of hydrogen-bond donors (Lipinski definition) is 1. The average Bonchev–Trinajstić information content (AvgIpc) is 2.50.